The number of hydrogen-bond donors (Lipinski definition) is 2. The van der Waals surface area contributed by atoms with Crippen molar-refractivity contribution >= 4 is 11.6 Å². The van der Waals surface area contributed by atoms with Crippen LogP contribution in [0.2, 0.25) is 0 Å². The lowest BCUT2D eigenvalue weighted by atomic mass is 9.65. The Morgan fingerprint density at radius 3 is 2.54 bits per heavy atom. The highest BCUT2D eigenvalue weighted by Crippen LogP contribution is 2.42. The summed E-state index contributed by atoms with van der Waals surface area (Å²) in [7, 11) is 0. The molecule has 6 nitrogen and oxygen atoms in total. The summed E-state index contributed by atoms with van der Waals surface area (Å²) in [6.45, 7) is 3.96. The molecule has 2 aromatic heterocycles. The topological polar surface area (TPSA) is 85.8 Å². The highest BCUT2D eigenvalue weighted by atomic mass is 16.1. The normalized spacial score (nSPS) is 28.0. The number of aromatic nitrogens is 3. The molecular weight excluding hydrogens is 326 g/mol. The largest absolute Gasteiger partial charge is 0.327 e. The molecule has 2 aromatic rings. The van der Waals surface area contributed by atoms with Crippen molar-refractivity contribution in [2.75, 3.05) is 5.32 Å². The van der Waals surface area contributed by atoms with Gasteiger partial charge in [0.05, 0.1) is 17.6 Å². The maximum Gasteiger partial charge on any atom is 0.227 e. The van der Waals surface area contributed by atoms with E-state index in [1.807, 2.05) is 36.7 Å². The average Bonchev–Trinajstić information content (AvgIpc) is 2.93. The number of nitrogens with two attached hydrogens (primary N) is 1. The lowest BCUT2D eigenvalue weighted by molar-refractivity contribution is -0.122. The van der Waals surface area contributed by atoms with Crippen LogP contribution in [0.3, 0.4) is 0 Å². The fraction of sp³-hybridized carbons (Fsp3) is 0.550. The van der Waals surface area contributed by atoms with E-state index in [2.05, 4.69) is 15.4 Å². The van der Waals surface area contributed by atoms with Crippen LogP contribution < -0.4 is 11.1 Å². The average molecular weight is 353 g/mol. The Morgan fingerprint density at radius 2 is 1.96 bits per heavy atom. The first kappa shape index (κ1) is 17.2. The van der Waals surface area contributed by atoms with Crippen molar-refractivity contribution in [1.82, 2.24) is 14.8 Å². The molecule has 2 saturated carbocycles. The molecule has 0 saturated heterocycles. The van der Waals surface area contributed by atoms with Crippen molar-refractivity contribution in [3.8, 4) is 5.82 Å². The van der Waals surface area contributed by atoms with E-state index in [0.717, 1.165) is 35.7 Å². The Balaban J connectivity index is 1.43. The molecule has 0 aliphatic heterocycles. The third kappa shape index (κ3) is 3.26. The second-order valence-corrected chi connectivity index (χ2v) is 7.93. The quantitative estimate of drug-likeness (QED) is 0.888. The van der Waals surface area contributed by atoms with Crippen molar-refractivity contribution in [2.24, 2.45) is 23.5 Å². The number of nitrogens with zero attached hydrogens (tertiary/aromatic N) is 3. The number of carbonyl (C=O) groups excluding carboxylic acids is 1. The van der Waals surface area contributed by atoms with Gasteiger partial charge in [0.25, 0.3) is 0 Å². The Bertz CT molecular complexity index is 783. The Labute approximate surface area is 154 Å². The van der Waals surface area contributed by atoms with Crippen LogP contribution >= 0.6 is 0 Å². The zero-order valence-corrected chi connectivity index (χ0v) is 15.5. The van der Waals surface area contributed by atoms with Crippen molar-refractivity contribution in [3.63, 3.8) is 0 Å². The first-order valence-electron chi connectivity index (χ1n) is 9.57. The third-order valence-corrected chi connectivity index (χ3v) is 6.03. The zero-order valence-electron chi connectivity index (χ0n) is 15.5. The monoisotopic (exact) mass is 353 g/mol. The maximum atomic E-state index is 12.7. The molecule has 2 heterocycles. The molecule has 2 fully saturated rings. The zero-order chi connectivity index (χ0) is 18.3. The molecule has 2 atom stereocenters. The van der Waals surface area contributed by atoms with Crippen molar-refractivity contribution in [2.45, 2.75) is 52.0 Å². The third-order valence-electron chi connectivity index (χ3n) is 6.03. The Hall–Kier alpha value is -2.21. The minimum absolute atomic E-state index is 0.0702. The number of nitrogens with one attached hydrogen (secondary N) is 1. The highest BCUT2D eigenvalue weighted by Gasteiger charge is 2.40. The number of carbonyl (C=O) groups is 1. The number of fused-ring (bicyclic) bond motifs is 2. The molecule has 26 heavy (non-hydrogen) atoms. The summed E-state index contributed by atoms with van der Waals surface area (Å²) in [6.07, 6.45) is 7.14. The molecule has 0 aromatic carbocycles. The molecule has 3 N–H and O–H groups in total. The van der Waals surface area contributed by atoms with Gasteiger partial charge in [0.15, 0.2) is 5.82 Å². The van der Waals surface area contributed by atoms with Gasteiger partial charge in [-0.05, 0) is 69.6 Å². The minimum Gasteiger partial charge on any atom is -0.327 e. The summed E-state index contributed by atoms with van der Waals surface area (Å²) < 4.78 is 1.81. The molecule has 2 bridgehead atoms. The number of pyridine rings is 1. The molecule has 0 radical (unpaired) electrons. The molecule has 0 spiro atoms. The van der Waals surface area contributed by atoms with Gasteiger partial charge in [-0.2, -0.15) is 5.10 Å². The van der Waals surface area contributed by atoms with Crippen LogP contribution in [-0.4, -0.2) is 26.7 Å². The summed E-state index contributed by atoms with van der Waals surface area (Å²) in [5.74, 6) is 1.94. The van der Waals surface area contributed by atoms with E-state index in [9.17, 15) is 4.79 Å². The van der Waals surface area contributed by atoms with Crippen molar-refractivity contribution < 1.29 is 4.79 Å². The van der Waals surface area contributed by atoms with Crippen LogP contribution in [0.25, 0.3) is 5.82 Å². The summed E-state index contributed by atoms with van der Waals surface area (Å²) >= 11 is 0. The molecule has 1 amide bonds. The molecule has 2 aliphatic rings. The van der Waals surface area contributed by atoms with Gasteiger partial charge < -0.3 is 11.1 Å². The second kappa shape index (κ2) is 6.83. The fourth-order valence-electron chi connectivity index (χ4n) is 4.69. The van der Waals surface area contributed by atoms with Gasteiger partial charge in [0.2, 0.25) is 5.91 Å². The van der Waals surface area contributed by atoms with E-state index in [1.54, 1.807) is 6.20 Å². The first-order valence-corrected chi connectivity index (χ1v) is 9.57. The predicted molar refractivity (Wildman–Crippen MR) is 101 cm³/mol. The van der Waals surface area contributed by atoms with Crippen LogP contribution in [0, 0.1) is 31.6 Å². The highest BCUT2D eigenvalue weighted by molar-refractivity contribution is 5.92. The van der Waals surface area contributed by atoms with Crippen LogP contribution in [0.15, 0.2) is 24.4 Å². The minimum atomic E-state index is 0.0702. The van der Waals surface area contributed by atoms with Crippen LogP contribution in [0.1, 0.15) is 43.5 Å². The van der Waals surface area contributed by atoms with E-state index >= 15 is 0 Å². The van der Waals surface area contributed by atoms with Gasteiger partial charge >= 0.3 is 0 Å². The van der Waals surface area contributed by atoms with E-state index in [-0.39, 0.29) is 17.9 Å². The summed E-state index contributed by atoms with van der Waals surface area (Å²) in [6, 6.07) is 6.09. The Kier molecular flexibility index (Phi) is 4.53. The van der Waals surface area contributed by atoms with Crippen LogP contribution in [-0.2, 0) is 4.79 Å². The Morgan fingerprint density at radius 1 is 1.23 bits per heavy atom. The lowest BCUT2D eigenvalue weighted by Gasteiger charge is -2.43. The van der Waals surface area contributed by atoms with Crippen LogP contribution in [0.4, 0.5) is 5.69 Å². The van der Waals surface area contributed by atoms with Gasteiger partial charge in [-0.15, -0.1) is 0 Å². The van der Waals surface area contributed by atoms with Crippen LogP contribution in [0.5, 0.6) is 0 Å². The smallest absolute Gasteiger partial charge is 0.227 e. The maximum absolute atomic E-state index is 12.7. The number of aryl methyl sites for hydroxylation is 2. The molecule has 2 unspecified atom stereocenters. The standard InChI is InChI=1S/C20H27N5O/c1-12-8-13(2)25(24-12)18-7-6-17(11-22-18)23-20(26)16-9-14-4-3-5-15(10-16)19(14)21/h6-8,11,14-16,19H,3-5,9-10,21H2,1-2H3,(H,23,26). The van der Waals surface area contributed by atoms with E-state index in [1.165, 1.54) is 19.3 Å². The number of amides is 1. The lowest BCUT2D eigenvalue weighted by Crippen LogP contribution is -2.48. The van der Waals surface area contributed by atoms with E-state index in [0.29, 0.717) is 11.8 Å². The number of rotatable bonds is 3. The molecule has 4 rings (SSSR count). The second-order valence-electron chi connectivity index (χ2n) is 7.93. The molecule has 138 valence electrons. The summed E-state index contributed by atoms with van der Waals surface area (Å²) in [5, 5.41) is 7.48. The van der Waals surface area contributed by atoms with Crippen molar-refractivity contribution in [3.05, 3.63) is 35.8 Å². The van der Waals surface area contributed by atoms with Gasteiger partial charge in [0, 0.05) is 17.7 Å². The van der Waals surface area contributed by atoms with E-state index in [4.69, 9.17) is 5.73 Å². The number of anilines is 1. The predicted octanol–water partition coefficient (Wildman–Crippen LogP) is 2.98. The van der Waals surface area contributed by atoms with Gasteiger partial charge in [-0.1, -0.05) is 6.42 Å². The first-order chi connectivity index (χ1) is 12.5. The summed E-state index contributed by atoms with van der Waals surface area (Å²) in [4.78, 5) is 17.2. The molecular formula is C20H27N5O. The number of hydrogen-bond acceptors (Lipinski definition) is 4. The molecule has 6 heteroatoms. The van der Waals surface area contributed by atoms with Gasteiger partial charge in [-0.3, -0.25) is 4.79 Å². The van der Waals surface area contributed by atoms with E-state index < -0.39 is 0 Å². The summed E-state index contributed by atoms with van der Waals surface area (Å²) in [5.41, 5.74) is 9.07. The van der Waals surface area contributed by atoms with Crippen molar-refractivity contribution in [1.29, 1.82) is 0 Å². The van der Waals surface area contributed by atoms with Gasteiger partial charge in [-0.25, -0.2) is 9.67 Å². The fourth-order valence-corrected chi connectivity index (χ4v) is 4.69. The molecule has 2 aliphatic carbocycles. The van der Waals surface area contributed by atoms with Gasteiger partial charge in [0.1, 0.15) is 0 Å². The SMILES string of the molecule is Cc1cc(C)n(-c2ccc(NC(=O)C3CC4CCCC(C3)C4N)cn2)n1.